The van der Waals surface area contributed by atoms with Crippen LogP contribution in [-0.4, -0.2) is 110 Å². The molecule has 9 atom stereocenters. The predicted molar refractivity (Wildman–Crippen MR) is 247 cm³/mol. The molecule has 1 rings (SSSR count). The second-order valence-electron chi connectivity index (χ2n) is 18.6. The second-order valence-corrected chi connectivity index (χ2v) is 18.6. The van der Waals surface area contributed by atoms with Crippen LogP contribution in [0, 0.1) is 0 Å². The fourth-order valence-corrected chi connectivity index (χ4v) is 8.62. The highest BCUT2D eigenvalue weighted by Crippen LogP contribution is 2.23. The topological polar surface area (TPSA) is 189 Å². The van der Waals surface area contributed by atoms with Crippen LogP contribution in [0.25, 0.3) is 0 Å². The molecule has 0 aliphatic carbocycles. The third-order valence-electron chi connectivity index (χ3n) is 12.9. The van der Waals surface area contributed by atoms with E-state index < -0.39 is 74.2 Å². The number of ether oxygens (including phenoxy) is 2. The van der Waals surface area contributed by atoms with Gasteiger partial charge in [-0.1, -0.05) is 232 Å². The highest BCUT2D eigenvalue weighted by atomic mass is 16.7. The van der Waals surface area contributed by atoms with Crippen LogP contribution in [-0.2, 0) is 14.3 Å². The molecule has 1 aliphatic rings. The van der Waals surface area contributed by atoms with Crippen LogP contribution in [0.5, 0.6) is 0 Å². The molecule has 61 heavy (non-hydrogen) atoms. The zero-order valence-electron chi connectivity index (χ0n) is 39.4. The van der Waals surface area contributed by atoms with E-state index in [9.17, 15) is 40.5 Å². The Kier molecular flexibility index (Phi) is 38.7. The van der Waals surface area contributed by atoms with E-state index in [2.05, 4.69) is 19.2 Å². The standard InChI is InChI=1S/C50H99NO10/c1-3-5-7-9-11-13-15-17-19-20-21-22-23-24-26-28-30-32-34-36-38-43(54)49(59)51-41(40-60-50-48(58)47(57)46(56)44(39-52)61-50)45(55)42(53)37-35-33-31-29-27-25-18-16-14-12-10-8-6-4-2/h41-48,50,52-58H,3-40H2,1-2H3,(H,51,59)/t41-,42+,43+,44+,45-,46-,47-,48+,50-/m0/s1. The molecule has 11 heteroatoms. The maximum atomic E-state index is 13.1. The monoisotopic (exact) mass is 874 g/mol. The first-order chi connectivity index (χ1) is 29.7. The molecule has 0 aromatic heterocycles. The van der Waals surface area contributed by atoms with Crippen molar-refractivity contribution in [2.75, 3.05) is 13.2 Å². The Morgan fingerprint density at radius 3 is 1.21 bits per heavy atom. The number of aliphatic hydroxyl groups excluding tert-OH is 7. The Morgan fingerprint density at radius 2 is 0.852 bits per heavy atom. The minimum absolute atomic E-state index is 0.267. The van der Waals surface area contributed by atoms with Crippen LogP contribution in [0.4, 0.5) is 0 Å². The van der Waals surface area contributed by atoms with E-state index >= 15 is 0 Å². The predicted octanol–water partition coefficient (Wildman–Crippen LogP) is 9.45. The number of hydrogen-bond donors (Lipinski definition) is 8. The summed E-state index contributed by atoms with van der Waals surface area (Å²) in [7, 11) is 0. The van der Waals surface area contributed by atoms with Gasteiger partial charge in [-0.2, -0.15) is 0 Å². The van der Waals surface area contributed by atoms with Crippen LogP contribution in [0.1, 0.15) is 245 Å². The number of unbranched alkanes of at least 4 members (excludes halogenated alkanes) is 32. The van der Waals surface area contributed by atoms with Crippen molar-refractivity contribution in [1.29, 1.82) is 0 Å². The molecular formula is C50H99NO10. The van der Waals surface area contributed by atoms with Crippen molar-refractivity contribution in [2.45, 2.75) is 300 Å². The van der Waals surface area contributed by atoms with Crippen molar-refractivity contribution in [1.82, 2.24) is 5.32 Å². The van der Waals surface area contributed by atoms with Gasteiger partial charge < -0.3 is 50.5 Å². The van der Waals surface area contributed by atoms with E-state index in [0.29, 0.717) is 19.3 Å². The van der Waals surface area contributed by atoms with Crippen LogP contribution in [0.3, 0.4) is 0 Å². The Bertz CT molecular complexity index is 959. The Labute approximate surface area is 373 Å². The zero-order valence-corrected chi connectivity index (χ0v) is 39.4. The first-order valence-electron chi connectivity index (χ1n) is 25.9. The molecule has 0 aromatic rings. The van der Waals surface area contributed by atoms with Gasteiger partial charge in [0, 0.05) is 0 Å². The number of aliphatic hydroxyl groups is 7. The molecule has 1 fully saturated rings. The summed E-state index contributed by atoms with van der Waals surface area (Å²) in [4.78, 5) is 13.1. The first kappa shape index (κ1) is 58.1. The van der Waals surface area contributed by atoms with Crippen molar-refractivity contribution in [3.8, 4) is 0 Å². The van der Waals surface area contributed by atoms with Crippen molar-refractivity contribution in [3.63, 3.8) is 0 Å². The lowest BCUT2D eigenvalue weighted by Crippen LogP contribution is -2.60. The minimum Gasteiger partial charge on any atom is -0.394 e. The molecule has 1 heterocycles. The molecule has 1 amide bonds. The molecule has 0 bridgehead atoms. The highest BCUT2D eigenvalue weighted by Gasteiger charge is 2.44. The number of carbonyl (C=O) groups is 1. The molecule has 0 radical (unpaired) electrons. The van der Waals surface area contributed by atoms with E-state index in [1.54, 1.807) is 0 Å². The molecule has 0 aromatic carbocycles. The summed E-state index contributed by atoms with van der Waals surface area (Å²) in [5.41, 5.74) is 0. The molecule has 364 valence electrons. The quantitative estimate of drug-likeness (QED) is 0.0274. The van der Waals surface area contributed by atoms with E-state index in [1.807, 2.05) is 0 Å². The van der Waals surface area contributed by atoms with Crippen molar-refractivity contribution in [2.24, 2.45) is 0 Å². The summed E-state index contributed by atoms with van der Waals surface area (Å²) < 4.78 is 11.1. The molecule has 8 N–H and O–H groups in total. The Hall–Kier alpha value is -0.890. The largest absolute Gasteiger partial charge is 0.394 e. The molecule has 0 saturated carbocycles. The summed E-state index contributed by atoms with van der Waals surface area (Å²) in [5, 5.41) is 75.9. The number of carbonyl (C=O) groups excluding carboxylic acids is 1. The van der Waals surface area contributed by atoms with Gasteiger partial charge in [0.15, 0.2) is 6.29 Å². The summed E-state index contributed by atoms with van der Waals surface area (Å²) in [6.07, 6.45) is 31.5. The summed E-state index contributed by atoms with van der Waals surface area (Å²) >= 11 is 0. The SMILES string of the molecule is CCCCCCCCCCCCCCCCCCCCCC[C@@H](O)C(=O)N[C@@H](CO[C@H]1O[C@H](CO)[C@H](O)[C@H](O)[C@H]1O)[C@H](O)[C@H](O)CCCCCCCCCCCCCCCC. The second kappa shape index (κ2) is 40.6. The normalized spacial score (nSPS) is 21.4. The molecule has 11 nitrogen and oxygen atoms in total. The fourth-order valence-electron chi connectivity index (χ4n) is 8.62. The molecule has 0 unspecified atom stereocenters. The van der Waals surface area contributed by atoms with Crippen LogP contribution >= 0.6 is 0 Å². The van der Waals surface area contributed by atoms with Crippen LogP contribution in [0.2, 0.25) is 0 Å². The third-order valence-corrected chi connectivity index (χ3v) is 12.9. The van der Waals surface area contributed by atoms with E-state index in [1.165, 1.54) is 167 Å². The van der Waals surface area contributed by atoms with Gasteiger partial charge in [0.2, 0.25) is 5.91 Å². The van der Waals surface area contributed by atoms with Gasteiger partial charge in [-0.05, 0) is 12.8 Å². The fraction of sp³-hybridized carbons (Fsp3) is 0.980. The third kappa shape index (κ3) is 30.0. The maximum absolute atomic E-state index is 13.1. The summed E-state index contributed by atoms with van der Waals surface area (Å²) in [6.45, 7) is 3.47. The van der Waals surface area contributed by atoms with Crippen molar-refractivity contribution < 1.29 is 50.0 Å². The first-order valence-corrected chi connectivity index (χ1v) is 25.9. The Balaban J connectivity index is 2.36. The minimum atomic E-state index is -1.66. The maximum Gasteiger partial charge on any atom is 0.249 e. The number of hydrogen-bond acceptors (Lipinski definition) is 10. The number of amides is 1. The summed E-state index contributed by atoms with van der Waals surface area (Å²) in [5.74, 6) is -0.692. The molecule has 1 saturated heterocycles. The molecule has 0 spiro atoms. The lowest BCUT2D eigenvalue weighted by atomic mass is 9.98. The van der Waals surface area contributed by atoms with Gasteiger partial charge in [0.05, 0.1) is 25.4 Å². The van der Waals surface area contributed by atoms with E-state index in [4.69, 9.17) is 9.47 Å². The van der Waals surface area contributed by atoms with E-state index in [-0.39, 0.29) is 6.42 Å². The lowest BCUT2D eigenvalue weighted by Gasteiger charge is -2.40. The number of nitrogens with one attached hydrogen (secondary N) is 1. The molecule has 1 aliphatic heterocycles. The smallest absolute Gasteiger partial charge is 0.249 e. The van der Waals surface area contributed by atoms with Gasteiger partial charge in [-0.3, -0.25) is 4.79 Å². The van der Waals surface area contributed by atoms with Gasteiger partial charge in [-0.15, -0.1) is 0 Å². The zero-order chi connectivity index (χ0) is 44.8. The van der Waals surface area contributed by atoms with Crippen molar-refractivity contribution in [3.05, 3.63) is 0 Å². The average molecular weight is 874 g/mol. The van der Waals surface area contributed by atoms with Gasteiger partial charge in [-0.25, -0.2) is 0 Å². The van der Waals surface area contributed by atoms with Gasteiger partial charge in [0.25, 0.3) is 0 Å². The van der Waals surface area contributed by atoms with Gasteiger partial charge in [0.1, 0.15) is 36.6 Å². The lowest BCUT2D eigenvalue weighted by molar-refractivity contribution is -0.303. The van der Waals surface area contributed by atoms with Crippen molar-refractivity contribution >= 4 is 5.91 Å². The molecular weight excluding hydrogens is 775 g/mol. The summed E-state index contributed by atoms with van der Waals surface area (Å²) in [6, 6.07) is -1.16. The highest BCUT2D eigenvalue weighted by molar-refractivity contribution is 5.80. The average Bonchev–Trinajstić information content (AvgIpc) is 3.26. The van der Waals surface area contributed by atoms with E-state index in [0.717, 1.165) is 38.5 Å². The Morgan fingerprint density at radius 1 is 0.508 bits per heavy atom. The van der Waals surface area contributed by atoms with Crippen LogP contribution < -0.4 is 5.32 Å². The van der Waals surface area contributed by atoms with Crippen LogP contribution in [0.15, 0.2) is 0 Å². The van der Waals surface area contributed by atoms with Gasteiger partial charge >= 0.3 is 0 Å². The number of rotatable bonds is 44.